The Morgan fingerprint density at radius 2 is 2.38 bits per heavy atom. The Morgan fingerprint density at radius 1 is 1.50 bits per heavy atom. The summed E-state index contributed by atoms with van der Waals surface area (Å²) in [7, 11) is 0. The lowest BCUT2D eigenvalue weighted by Gasteiger charge is -1.91. The largest absolute Gasteiger partial charge is 0.481 e. The molecular weight excluding hydrogens is 230 g/mol. The lowest BCUT2D eigenvalue weighted by molar-refractivity contribution is -0.133. The van der Waals surface area contributed by atoms with Crippen LogP contribution in [-0.2, 0) is 4.79 Å². The Morgan fingerprint density at radius 3 is 3.06 bits per heavy atom. The fraction of sp³-hybridized carbons (Fsp3) is 0.125. The molecule has 2 N–H and O–H groups in total. The number of rotatable bonds is 4. The van der Waals surface area contributed by atoms with Crippen LogP contribution in [0.15, 0.2) is 23.7 Å². The van der Waals surface area contributed by atoms with Crippen LogP contribution in [0.1, 0.15) is 0 Å². The van der Waals surface area contributed by atoms with Gasteiger partial charge >= 0.3 is 5.97 Å². The third-order valence-corrected chi connectivity index (χ3v) is 2.43. The molecule has 0 saturated heterocycles. The molecule has 7 nitrogen and oxygen atoms in total. The minimum Gasteiger partial charge on any atom is -0.481 e. The summed E-state index contributed by atoms with van der Waals surface area (Å²) < 4.78 is 0. The number of carboxylic acid groups (broad SMARTS) is 1. The van der Waals surface area contributed by atoms with E-state index in [1.165, 1.54) is 0 Å². The van der Waals surface area contributed by atoms with Gasteiger partial charge in [0, 0.05) is 12.4 Å². The Balaban J connectivity index is 2.11. The fourth-order valence-corrected chi connectivity index (χ4v) is 1.49. The maximum Gasteiger partial charge on any atom is 0.313 e. The number of thioether (sulfide) groups is 1. The van der Waals surface area contributed by atoms with Crippen molar-refractivity contribution in [1.29, 1.82) is 0 Å². The molecule has 2 aromatic heterocycles. The van der Waals surface area contributed by atoms with Crippen molar-refractivity contribution in [1.82, 2.24) is 25.1 Å². The first-order chi connectivity index (χ1) is 7.75. The van der Waals surface area contributed by atoms with Crippen LogP contribution in [0.2, 0.25) is 0 Å². The number of hydrogen-bond acceptors (Lipinski definition) is 6. The predicted octanol–water partition coefficient (Wildman–Crippen LogP) is 0.438. The monoisotopic (exact) mass is 237 g/mol. The highest BCUT2D eigenvalue weighted by Crippen LogP contribution is 2.16. The van der Waals surface area contributed by atoms with Gasteiger partial charge in [-0.15, -0.1) is 5.10 Å². The minimum atomic E-state index is -0.907. The molecule has 0 bridgehead atoms. The van der Waals surface area contributed by atoms with E-state index in [-0.39, 0.29) is 5.75 Å². The van der Waals surface area contributed by atoms with Gasteiger partial charge in [0.15, 0.2) is 5.82 Å². The van der Waals surface area contributed by atoms with E-state index >= 15 is 0 Å². The molecule has 0 aliphatic heterocycles. The Kier molecular flexibility index (Phi) is 3.10. The number of aromatic nitrogens is 5. The van der Waals surface area contributed by atoms with Crippen LogP contribution in [0.5, 0.6) is 0 Å². The summed E-state index contributed by atoms with van der Waals surface area (Å²) in [5.41, 5.74) is 0.567. The summed E-state index contributed by atoms with van der Waals surface area (Å²) in [6, 6.07) is 0. The van der Waals surface area contributed by atoms with Gasteiger partial charge in [-0.05, 0) is 0 Å². The van der Waals surface area contributed by atoms with E-state index < -0.39 is 5.97 Å². The first-order valence-corrected chi connectivity index (χ1v) is 5.27. The quantitative estimate of drug-likeness (QED) is 0.743. The smallest absolute Gasteiger partial charge is 0.313 e. The number of aromatic amines is 1. The second-order valence-corrected chi connectivity index (χ2v) is 3.68. The average molecular weight is 237 g/mol. The van der Waals surface area contributed by atoms with Crippen LogP contribution in [0.3, 0.4) is 0 Å². The maximum absolute atomic E-state index is 10.3. The van der Waals surface area contributed by atoms with Crippen LogP contribution in [0.25, 0.3) is 11.5 Å². The van der Waals surface area contributed by atoms with Gasteiger partial charge in [0.25, 0.3) is 0 Å². The first kappa shape index (κ1) is 10.6. The molecule has 0 unspecified atom stereocenters. The predicted molar refractivity (Wildman–Crippen MR) is 55.8 cm³/mol. The summed E-state index contributed by atoms with van der Waals surface area (Å²) in [5, 5.41) is 15.4. The standard InChI is InChI=1S/C8H7N5O2S/c14-6(15)4-16-8-11-7(12-13-8)5-3-9-1-2-10-5/h1-3H,4H2,(H,14,15)(H,11,12,13). The zero-order valence-electron chi connectivity index (χ0n) is 7.99. The number of carboxylic acids is 1. The number of nitrogens with zero attached hydrogens (tertiary/aromatic N) is 4. The van der Waals surface area contributed by atoms with Gasteiger partial charge < -0.3 is 5.11 Å². The highest BCUT2D eigenvalue weighted by atomic mass is 32.2. The van der Waals surface area contributed by atoms with E-state index in [4.69, 9.17) is 5.11 Å². The van der Waals surface area contributed by atoms with Crippen molar-refractivity contribution in [2.75, 3.05) is 5.75 Å². The normalized spacial score (nSPS) is 10.2. The second-order valence-electron chi connectivity index (χ2n) is 2.74. The SMILES string of the molecule is O=C(O)CSc1n[nH]c(-c2cnccn2)n1. The Labute approximate surface area is 94.4 Å². The molecule has 16 heavy (non-hydrogen) atoms. The van der Waals surface area contributed by atoms with Crippen LogP contribution in [0, 0.1) is 0 Å². The number of hydrogen-bond donors (Lipinski definition) is 2. The highest BCUT2D eigenvalue weighted by Gasteiger charge is 2.08. The van der Waals surface area contributed by atoms with Crippen LogP contribution in [0.4, 0.5) is 0 Å². The van der Waals surface area contributed by atoms with E-state index in [0.29, 0.717) is 16.7 Å². The molecule has 0 aliphatic rings. The van der Waals surface area contributed by atoms with E-state index in [1.807, 2.05) is 0 Å². The van der Waals surface area contributed by atoms with Gasteiger partial charge in [0.05, 0.1) is 11.9 Å². The lowest BCUT2D eigenvalue weighted by atomic mass is 10.4. The molecule has 2 heterocycles. The number of carbonyl (C=O) groups is 1. The molecule has 0 aliphatic carbocycles. The molecule has 0 spiro atoms. The van der Waals surface area contributed by atoms with Crippen molar-refractivity contribution in [3.8, 4) is 11.5 Å². The minimum absolute atomic E-state index is 0.0717. The molecular formula is C8H7N5O2S. The molecule has 0 saturated carbocycles. The van der Waals surface area contributed by atoms with Crippen LogP contribution in [-0.4, -0.2) is 42.0 Å². The molecule has 0 radical (unpaired) electrons. The van der Waals surface area contributed by atoms with Crippen molar-refractivity contribution in [3.05, 3.63) is 18.6 Å². The number of aliphatic carboxylic acids is 1. The Hall–Kier alpha value is -1.96. The second kappa shape index (κ2) is 4.71. The average Bonchev–Trinajstić information content (AvgIpc) is 2.76. The topological polar surface area (TPSA) is 105 Å². The molecule has 0 atom stereocenters. The van der Waals surface area contributed by atoms with E-state index in [9.17, 15) is 4.79 Å². The number of nitrogens with one attached hydrogen (secondary N) is 1. The van der Waals surface area contributed by atoms with Crippen LogP contribution >= 0.6 is 11.8 Å². The molecule has 0 aromatic carbocycles. The zero-order valence-corrected chi connectivity index (χ0v) is 8.81. The third-order valence-electron chi connectivity index (χ3n) is 1.60. The van der Waals surface area contributed by atoms with Crippen LogP contribution < -0.4 is 0 Å². The van der Waals surface area contributed by atoms with Crippen molar-refractivity contribution >= 4 is 17.7 Å². The molecule has 8 heteroatoms. The fourth-order valence-electron chi connectivity index (χ4n) is 0.973. The number of H-pyrrole nitrogens is 1. The van der Waals surface area contributed by atoms with Crippen molar-refractivity contribution in [3.63, 3.8) is 0 Å². The van der Waals surface area contributed by atoms with E-state index in [0.717, 1.165) is 11.8 Å². The molecule has 2 aromatic rings. The summed E-state index contributed by atoms with van der Waals surface area (Å²) >= 11 is 1.04. The molecule has 0 fully saturated rings. The van der Waals surface area contributed by atoms with E-state index in [1.54, 1.807) is 18.6 Å². The summed E-state index contributed by atoms with van der Waals surface area (Å²) in [5.74, 6) is -0.505. The van der Waals surface area contributed by atoms with Gasteiger partial charge in [-0.25, -0.2) is 4.98 Å². The summed E-state index contributed by atoms with van der Waals surface area (Å²) in [4.78, 5) is 22.4. The van der Waals surface area contributed by atoms with Gasteiger partial charge in [0.1, 0.15) is 5.69 Å². The van der Waals surface area contributed by atoms with Gasteiger partial charge in [-0.2, -0.15) is 4.98 Å². The zero-order chi connectivity index (χ0) is 11.4. The van der Waals surface area contributed by atoms with Gasteiger partial charge in [-0.3, -0.25) is 14.9 Å². The molecule has 82 valence electrons. The van der Waals surface area contributed by atoms with Crippen molar-refractivity contribution in [2.24, 2.45) is 0 Å². The summed E-state index contributed by atoms with van der Waals surface area (Å²) in [6.45, 7) is 0. The third kappa shape index (κ3) is 2.54. The van der Waals surface area contributed by atoms with Gasteiger partial charge in [-0.1, -0.05) is 11.8 Å². The Bertz CT molecular complexity index is 486. The van der Waals surface area contributed by atoms with Crippen molar-refractivity contribution < 1.29 is 9.90 Å². The molecule has 0 amide bonds. The van der Waals surface area contributed by atoms with E-state index in [2.05, 4.69) is 25.1 Å². The van der Waals surface area contributed by atoms with Gasteiger partial charge in [0.2, 0.25) is 5.16 Å². The first-order valence-electron chi connectivity index (χ1n) is 4.29. The van der Waals surface area contributed by atoms with Crippen molar-refractivity contribution in [2.45, 2.75) is 5.16 Å². The molecule has 2 rings (SSSR count). The highest BCUT2D eigenvalue weighted by molar-refractivity contribution is 7.99. The maximum atomic E-state index is 10.3. The summed E-state index contributed by atoms with van der Waals surface area (Å²) in [6.07, 6.45) is 4.65. The lowest BCUT2D eigenvalue weighted by Crippen LogP contribution is -1.97.